The predicted octanol–water partition coefficient (Wildman–Crippen LogP) is 11.8. The Morgan fingerprint density at radius 2 is 0.755 bits per heavy atom. The van der Waals surface area contributed by atoms with Crippen molar-refractivity contribution in [3.63, 3.8) is 0 Å². The first-order valence-corrected chi connectivity index (χ1v) is 15.1. The fraction of sp³-hybridized carbons (Fsp3) is 0. The van der Waals surface area contributed by atoms with Gasteiger partial charge in [-0.25, -0.2) is 15.0 Å². The summed E-state index contributed by atoms with van der Waals surface area (Å²) in [6.07, 6.45) is 0. The van der Waals surface area contributed by atoms with Crippen LogP contribution in [0.15, 0.2) is 180 Å². The van der Waals surface area contributed by atoms with Crippen LogP contribution in [0.5, 0.6) is 0 Å². The van der Waals surface area contributed by atoms with E-state index < -0.39 is 124 Å². The van der Waals surface area contributed by atoms with Crippen LogP contribution >= 0.6 is 0 Å². The summed E-state index contributed by atoms with van der Waals surface area (Å²) >= 11 is 0. The van der Waals surface area contributed by atoms with Gasteiger partial charge in [-0.2, -0.15) is 0 Å². The first-order chi connectivity index (χ1) is 30.5. The molecule has 230 valence electrons. The standard InChI is InChI=1S/C45H29N3O/c1-4-10-30(11-5-1)32-16-20-35(21-17-32)44-46-43(34-14-8-3-9-15-34)47-45(48-44)36-22-18-33(19-23-36)38-25-27-40-39-26-24-37(31-12-6-2-7-13-31)28-41(39)49-42(40)29-38/h1-29H/i2D,6D,7D,12D,13D,18D,19D,22D,23D,24D,25D,26D,27D,28D,29D. The molecule has 0 spiro atoms. The Hall–Kier alpha value is -6.65. The number of nitrogens with zero attached hydrogens (tertiary/aromatic N) is 3. The zero-order chi connectivity index (χ0) is 45.6. The van der Waals surface area contributed by atoms with E-state index in [1.807, 2.05) is 60.7 Å². The van der Waals surface area contributed by atoms with Crippen LogP contribution in [-0.4, -0.2) is 15.0 Å². The van der Waals surface area contributed by atoms with Gasteiger partial charge in [0.1, 0.15) is 11.2 Å². The Bertz CT molecular complexity index is 3380. The van der Waals surface area contributed by atoms with Crippen LogP contribution in [0, 0.1) is 0 Å². The second-order valence-corrected chi connectivity index (χ2v) is 10.9. The van der Waals surface area contributed by atoms with Crippen LogP contribution in [0.3, 0.4) is 0 Å². The average molecular weight is 643 g/mol. The summed E-state index contributed by atoms with van der Waals surface area (Å²) in [7, 11) is 0. The van der Waals surface area contributed by atoms with E-state index in [2.05, 4.69) is 9.97 Å². The number of hydrogen-bond acceptors (Lipinski definition) is 4. The summed E-state index contributed by atoms with van der Waals surface area (Å²) in [5, 5.41) is -0.632. The lowest BCUT2D eigenvalue weighted by molar-refractivity contribution is 0.669. The van der Waals surface area contributed by atoms with E-state index in [4.69, 9.17) is 23.1 Å². The molecule has 0 atom stereocenters. The molecule has 0 N–H and O–H groups in total. The van der Waals surface area contributed by atoms with E-state index in [9.17, 15) is 6.85 Å². The molecule has 9 aromatic rings. The van der Waals surface area contributed by atoms with Gasteiger partial charge in [0.15, 0.2) is 17.5 Å². The van der Waals surface area contributed by atoms with Gasteiger partial charge in [-0.15, -0.1) is 0 Å². The summed E-state index contributed by atoms with van der Waals surface area (Å²) in [4.78, 5) is 14.0. The highest BCUT2D eigenvalue weighted by atomic mass is 16.3. The molecule has 0 aliphatic rings. The molecule has 4 nitrogen and oxygen atoms in total. The van der Waals surface area contributed by atoms with Gasteiger partial charge in [0, 0.05) is 27.5 Å². The Balaban J connectivity index is 1.24. The van der Waals surface area contributed by atoms with E-state index in [0.717, 1.165) is 11.1 Å². The molecular weight excluding hydrogens is 599 g/mol. The molecule has 7 aromatic carbocycles. The van der Waals surface area contributed by atoms with E-state index in [1.165, 1.54) is 0 Å². The molecule has 0 unspecified atom stereocenters. The smallest absolute Gasteiger partial charge is 0.164 e. The van der Waals surface area contributed by atoms with E-state index in [1.54, 1.807) is 24.3 Å². The molecule has 0 saturated heterocycles. The van der Waals surface area contributed by atoms with Crippen LogP contribution < -0.4 is 0 Å². The van der Waals surface area contributed by atoms with Crippen molar-refractivity contribution in [3.05, 3.63) is 176 Å². The van der Waals surface area contributed by atoms with Crippen LogP contribution in [0.2, 0.25) is 0 Å². The fourth-order valence-corrected chi connectivity index (χ4v) is 5.34. The summed E-state index contributed by atoms with van der Waals surface area (Å²) in [5.41, 5.74) is -0.219. The van der Waals surface area contributed by atoms with E-state index in [-0.39, 0.29) is 33.8 Å². The predicted molar refractivity (Wildman–Crippen MR) is 200 cm³/mol. The second kappa shape index (κ2) is 12.2. The van der Waals surface area contributed by atoms with Crippen molar-refractivity contribution in [2.75, 3.05) is 0 Å². The number of aromatic nitrogens is 3. The Kier molecular flexibility index (Phi) is 4.21. The van der Waals surface area contributed by atoms with Crippen molar-refractivity contribution >= 4 is 21.9 Å². The molecule has 0 bridgehead atoms. The normalized spacial score (nSPS) is 15.6. The van der Waals surface area contributed by atoms with Gasteiger partial charge in [-0.3, -0.25) is 0 Å². The largest absolute Gasteiger partial charge is 0.456 e. The maximum absolute atomic E-state index is 9.26. The van der Waals surface area contributed by atoms with Crippen LogP contribution in [-0.2, 0) is 0 Å². The van der Waals surface area contributed by atoms with Crippen molar-refractivity contribution in [1.82, 2.24) is 15.0 Å². The minimum absolute atomic E-state index is 0.183. The highest BCUT2D eigenvalue weighted by Gasteiger charge is 2.14. The van der Waals surface area contributed by atoms with Gasteiger partial charge in [-0.1, -0.05) is 151 Å². The molecule has 0 saturated carbocycles. The zero-order valence-electron chi connectivity index (χ0n) is 40.3. The third-order valence-corrected chi connectivity index (χ3v) is 7.78. The first kappa shape index (κ1) is 17.0. The maximum atomic E-state index is 9.26. The van der Waals surface area contributed by atoms with Gasteiger partial charge in [0.2, 0.25) is 0 Å². The van der Waals surface area contributed by atoms with Crippen molar-refractivity contribution in [2.24, 2.45) is 0 Å². The number of rotatable bonds is 6. The summed E-state index contributed by atoms with van der Waals surface area (Å²) in [6, 6.07) is 15.7. The SMILES string of the molecule is [2H]c1c([2H])c([2H])c(-c2c([2H])c([2H])c3c(oc4c([2H])c(-c5c([2H])c([2H])c(-c6nc(-c7ccccc7)nc(-c7ccc(-c8ccccc8)cc7)n6)c([2H])c5[2H])c([2H])c([2H])c43)c2[2H])c([2H])c1[2H]. The molecule has 49 heavy (non-hydrogen) atoms. The van der Waals surface area contributed by atoms with Gasteiger partial charge >= 0.3 is 0 Å². The molecule has 9 rings (SSSR count). The Morgan fingerprint density at radius 1 is 0.347 bits per heavy atom. The summed E-state index contributed by atoms with van der Waals surface area (Å²) < 4.78 is 138. The third-order valence-electron chi connectivity index (χ3n) is 7.78. The van der Waals surface area contributed by atoms with Crippen LogP contribution in [0.1, 0.15) is 20.6 Å². The highest BCUT2D eigenvalue weighted by molar-refractivity contribution is 6.07. The molecule has 0 radical (unpaired) electrons. The molecule has 0 amide bonds. The zero-order valence-corrected chi connectivity index (χ0v) is 25.3. The first-order valence-electron chi connectivity index (χ1n) is 22.6. The molecule has 2 aromatic heterocycles. The van der Waals surface area contributed by atoms with E-state index in [0.29, 0.717) is 11.1 Å². The minimum atomic E-state index is -0.733. The molecule has 4 heteroatoms. The topological polar surface area (TPSA) is 51.8 Å². The van der Waals surface area contributed by atoms with Gasteiger partial charge in [0.05, 0.1) is 20.6 Å². The number of furan rings is 1. The Morgan fingerprint density at radius 3 is 1.33 bits per heavy atom. The molecule has 0 aliphatic heterocycles. The fourth-order valence-electron chi connectivity index (χ4n) is 5.34. The molecule has 0 aliphatic carbocycles. The number of hydrogen-bond donors (Lipinski definition) is 0. The van der Waals surface area contributed by atoms with Crippen LogP contribution in [0.25, 0.3) is 89.5 Å². The lowest BCUT2D eigenvalue weighted by Gasteiger charge is -2.10. The van der Waals surface area contributed by atoms with E-state index >= 15 is 0 Å². The molecular formula is C45H29N3O. The number of fused-ring (bicyclic) bond motifs is 3. The maximum Gasteiger partial charge on any atom is 0.164 e. The average Bonchev–Trinajstić information content (AvgIpc) is 3.73. The second-order valence-electron chi connectivity index (χ2n) is 10.9. The monoisotopic (exact) mass is 642 g/mol. The van der Waals surface area contributed by atoms with Crippen molar-refractivity contribution in [2.45, 2.75) is 0 Å². The lowest BCUT2D eigenvalue weighted by Crippen LogP contribution is -2.00. The quantitative estimate of drug-likeness (QED) is 0.181. The minimum Gasteiger partial charge on any atom is -0.456 e. The van der Waals surface area contributed by atoms with Gasteiger partial charge < -0.3 is 4.42 Å². The lowest BCUT2D eigenvalue weighted by atomic mass is 10.0. The summed E-state index contributed by atoms with van der Waals surface area (Å²) in [5.74, 6) is 0.198. The Labute approximate surface area is 305 Å². The number of benzene rings is 7. The van der Waals surface area contributed by atoms with Gasteiger partial charge in [0.25, 0.3) is 0 Å². The highest BCUT2D eigenvalue weighted by Crippen LogP contribution is 2.35. The third kappa shape index (κ3) is 5.56. The van der Waals surface area contributed by atoms with Crippen molar-refractivity contribution in [3.8, 4) is 67.5 Å². The van der Waals surface area contributed by atoms with Gasteiger partial charge in [-0.05, 0) is 57.6 Å². The van der Waals surface area contributed by atoms with Crippen LogP contribution in [0.4, 0.5) is 0 Å². The molecule has 2 heterocycles. The van der Waals surface area contributed by atoms with Crippen molar-refractivity contribution in [1.29, 1.82) is 0 Å². The molecule has 0 fully saturated rings. The summed E-state index contributed by atoms with van der Waals surface area (Å²) in [6.45, 7) is 0. The van der Waals surface area contributed by atoms with Crippen molar-refractivity contribution < 1.29 is 25.0 Å².